The Hall–Kier alpha value is -1.81. The number of nitrogens with one attached hydrogen (secondary N) is 1. The zero-order chi connectivity index (χ0) is 16.4. The maximum absolute atomic E-state index is 12.7. The number of nitrogens with zero attached hydrogens (tertiary/aromatic N) is 1. The number of carbonyl (C=O) groups is 1. The molecule has 0 spiro atoms. The van der Waals surface area contributed by atoms with Crippen LogP contribution < -0.4 is 5.32 Å². The van der Waals surface area contributed by atoms with Crippen LogP contribution in [0.15, 0.2) is 46.9 Å². The molecule has 0 aliphatic carbocycles. The lowest BCUT2D eigenvalue weighted by atomic mass is 9.99. The van der Waals surface area contributed by atoms with Gasteiger partial charge in [0.2, 0.25) is 0 Å². The van der Waals surface area contributed by atoms with Crippen molar-refractivity contribution in [3.05, 3.63) is 63.6 Å². The van der Waals surface area contributed by atoms with E-state index in [9.17, 15) is 4.79 Å². The molecule has 0 radical (unpaired) electrons. The standard InChI is InChI=1S/C19H21BrN2O/c1-13-6-3-4-7-16(13)18-8-5-11-22(18)19(23)21-15-9-10-17(20)14(2)12-15/h3-4,6-7,9-10,12,18H,5,8,11H2,1-2H3,(H,21,23)/t18-/m0/s1. The van der Waals surface area contributed by atoms with E-state index in [4.69, 9.17) is 0 Å². The van der Waals surface area contributed by atoms with Gasteiger partial charge in [0.25, 0.3) is 0 Å². The van der Waals surface area contributed by atoms with E-state index in [1.54, 1.807) is 0 Å². The van der Waals surface area contributed by atoms with Gasteiger partial charge in [-0.1, -0.05) is 40.2 Å². The Morgan fingerprint density at radius 3 is 2.70 bits per heavy atom. The molecule has 1 heterocycles. The molecule has 2 aromatic carbocycles. The predicted octanol–water partition coefficient (Wildman–Crippen LogP) is 5.43. The molecule has 0 aromatic heterocycles. The molecule has 1 fully saturated rings. The van der Waals surface area contributed by atoms with E-state index in [1.165, 1.54) is 11.1 Å². The summed E-state index contributed by atoms with van der Waals surface area (Å²) in [4.78, 5) is 14.7. The van der Waals surface area contributed by atoms with Gasteiger partial charge in [0.05, 0.1) is 6.04 Å². The van der Waals surface area contributed by atoms with Crippen LogP contribution >= 0.6 is 15.9 Å². The van der Waals surface area contributed by atoms with Crippen molar-refractivity contribution in [2.45, 2.75) is 32.7 Å². The van der Waals surface area contributed by atoms with Gasteiger partial charge in [0.1, 0.15) is 0 Å². The van der Waals surface area contributed by atoms with Gasteiger partial charge in [-0.05, 0) is 61.6 Å². The number of anilines is 1. The van der Waals surface area contributed by atoms with E-state index < -0.39 is 0 Å². The number of hydrogen-bond donors (Lipinski definition) is 1. The second-order valence-corrected chi connectivity index (χ2v) is 6.96. The van der Waals surface area contributed by atoms with Crippen molar-refractivity contribution in [1.29, 1.82) is 0 Å². The maximum Gasteiger partial charge on any atom is 0.322 e. The summed E-state index contributed by atoms with van der Waals surface area (Å²) >= 11 is 3.49. The lowest BCUT2D eigenvalue weighted by Gasteiger charge is -2.26. The van der Waals surface area contributed by atoms with Gasteiger partial charge >= 0.3 is 6.03 Å². The van der Waals surface area contributed by atoms with Crippen LogP contribution in [-0.4, -0.2) is 17.5 Å². The van der Waals surface area contributed by atoms with Crippen molar-refractivity contribution in [1.82, 2.24) is 4.90 Å². The average Bonchev–Trinajstić information content (AvgIpc) is 3.01. The fourth-order valence-corrected chi connectivity index (χ4v) is 3.46. The van der Waals surface area contributed by atoms with Crippen LogP contribution in [0.3, 0.4) is 0 Å². The highest BCUT2D eigenvalue weighted by Crippen LogP contribution is 2.34. The topological polar surface area (TPSA) is 32.3 Å². The van der Waals surface area contributed by atoms with Gasteiger partial charge in [0, 0.05) is 16.7 Å². The smallest absolute Gasteiger partial charge is 0.317 e. The SMILES string of the molecule is Cc1cc(NC(=O)N2CCC[C@H]2c2ccccc2C)ccc1Br. The molecular weight excluding hydrogens is 352 g/mol. The third-order valence-corrected chi connectivity index (χ3v) is 5.36. The number of benzene rings is 2. The van der Waals surface area contributed by atoms with Gasteiger partial charge in [-0.2, -0.15) is 0 Å². The van der Waals surface area contributed by atoms with Crippen molar-refractivity contribution in [2.75, 3.05) is 11.9 Å². The second kappa shape index (κ2) is 6.75. The quantitative estimate of drug-likeness (QED) is 0.748. The number of urea groups is 1. The number of likely N-dealkylation sites (tertiary alicyclic amines) is 1. The van der Waals surface area contributed by atoms with E-state index in [2.05, 4.69) is 46.4 Å². The Morgan fingerprint density at radius 2 is 1.96 bits per heavy atom. The Labute approximate surface area is 145 Å². The lowest BCUT2D eigenvalue weighted by molar-refractivity contribution is 0.207. The fourth-order valence-electron chi connectivity index (χ4n) is 3.21. The van der Waals surface area contributed by atoms with E-state index in [0.717, 1.165) is 35.1 Å². The van der Waals surface area contributed by atoms with E-state index in [-0.39, 0.29) is 12.1 Å². The summed E-state index contributed by atoms with van der Waals surface area (Å²) in [5.41, 5.74) is 4.45. The van der Waals surface area contributed by atoms with E-state index in [1.807, 2.05) is 36.1 Å². The first-order valence-corrected chi connectivity index (χ1v) is 8.75. The summed E-state index contributed by atoms with van der Waals surface area (Å²) in [5.74, 6) is 0. The molecule has 1 aliphatic heterocycles. The minimum absolute atomic E-state index is 0.0162. The Kier molecular flexibility index (Phi) is 4.71. The van der Waals surface area contributed by atoms with E-state index in [0.29, 0.717) is 0 Å². The molecule has 1 N–H and O–H groups in total. The molecule has 3 rings (SSSR count). The van der Waals surface area contributed by atoms with Crippen LogP contribution in [0.2, 0.25) is 0 Å². The second-order valence-electron chi connectivity index (χ2n) is 6.10. The third kappa shape index (κ3) is 3.42. The number of halogens is 1. The van der Waals surface area contributed by atoms with Crippen LogP contribution in [0, 0.1) is 13.8 Å². The van der Waals surface area contributed by atoms with Crippen molar-refractivity contribution in [3.8, 4) is 0 Å². The van der Waals surface area contributed by atoms with Crippen LogP contribution in [0.5, 0.6) is 0 Å². The monoisotopic (exact) mass is 372 g/mol. The summed E-state index contributed by atoms with van der Waals surface area (Å²) in [5, 5.41) is 3.04. The minimum Gasteiger partial charge on any atom is -0.317 e. The number of carbonyl (C=O) groups excluding carboxylic acids is 1. The maximum atomic E-state index is 12.7. The summed E-state index contributed by atoms with van der Waals surface area (Å²) in [6.07, 6.45) is 2.07. The molecule has 0 bridgehead atoms. The van der Waals surface area contributed by atoms with Crippen molar-refractivity contribution < 1.29 is 4.79 Å². The minimum atomic E-state index is -0.0162. The summed E-state index contributed by atoms with van der Waals surface area (Å²) in [6.45, 7) is 4.94. The highest BCUT2D eigenvalue weighted by atomic mass is 79.9. The first-order chi connectivity index (χ1) is 11.1. The zero-order valence-electron chi connectivity index (χ0n) is 13.5. The third-order valence-electron chi connectivity index (χ3n) is 4.47. The van der Waals surface area contributed by atoms with Crippen LogP contribution in [0.4, 0.5) is 10.5 Å². The average molecular weight is 373 g/mol. The van der Waals surface area contributed by atoms with Crippen LogP contribution in [0.25, 0.3) is 0 Å². The van der Waals surface area contributed by atoms with E-state index >= 15 is 0 Å². The summed E-state index contributed by atoms with van der Waals surface area (Å²) in [6, 6.07) is 14.4. The largest absolute Gasteiger partial charge is 0.322 e. The van der Waals surface area contributed by atoms with Gasteiger partial charge < -0.3 is 10.2 Å². The fraction of sp³-hybridized carbons (Fsp3) is 0.316. The van der Waals surface area contributed by atoms with Gasteiger partial charge in [-0.25, -0.2) is 4.79 Å². The first-order valence-electron chi connectivity index (χ1n) is 7.95. The van der Waals surface area contributed by atoms with Gasteiger partial charge in [-0.15, -0.1) is 0 Å². The molecule has 0 saturated carbocycles. The molecule has 2 amide bonds. The van der Waals surface area contributed by atoms with Gasteiger partial charge in [-0.3, -0.25) is 0 Å². The Morgan fingerprint density at radius 1 is 1.17 bits per heavy atom. The molecule has 3 nitrogen and oxygen atoms in total. The number of amides is 2. The molecule has 0 unspecified atom stereocenters. The number of hydrogen-bond acceptors (Lipinski definition) is 1. The highest BCUT2D eigenvalue weighted by molar-refractivity contribution is 9.10. The molecule has 1 atom stereocenters. The van der Waals surface area contributed by atoms with Crippen LogP contribution in [0.1, 0.15) is 35.6 Å². The summed E-state index contributed by atoms with van der Waals surface area (Å²) < 4.78 is 1.05. The molecule has 1 saturated heterocycles. The van der Waals surface area contributed by atoms with Crippen molar-refractivity contribution in [2.24, 2.45) is 0 Å². The first kappa shape index (κ1) is 16.1. The Balaban J connectivity index is 1.78. The summed E-state index contributed by atoms with van der Waals surface area (Å²) in [7, 11) is 0. The number of rotatable bonds is 2. The number of aryl methyl sites for hydroxylation is 2. The lowest BCUT2D eigenvalue weighted by Crippen LogP contribution is -2.34. The van der Waals surface area contributed by atoms with Gasteiger partial charge in [0.15, 0.2) is 0 Å². The Bertz CT molecular complexity index is 729. The zero-order valence-corrected chi connectivity index (χ0v) is 15.1. The molecular formula is C19H21BrN2O. The molecule has 4 heteroatoms. The normalized spacial score (nSPS) is 17.3. The highest BCUT2D eigenvalue weighted by Gasteiger charge is 2.30. The van der Waals surface area contributed by atoms with Crippen LogP contribution in [-0.2, 0) is 0 Å². The molecule has 23 heavy (non-hydrogen) atoms. The predicted molar refractivity (Wildman–Crippen MR) is 97.8 cm³/mol. The molecule has 2 aromatic rings. The van der Waals surface area contributed by atoms with Crippen molar-refractivity contribution >= 4 is 27.6 Å². The van der Waals surface area contributed by atoms with Crippen molar-refractivity contribution in [3.63, 3.8) is 0 Å². The molecule has 120 valence electrons. The molecule has 1 aliphatic rings.